The number of amides is 2. The van der Waals surface area contributed by atoms with E-state index in [1.54, 1.807) is 48.5 Å². The van der Waals surface area contributed by atoms with Crippen molar-refractivity contribution in [2.45, 2.75) is 19.4 Å². The van der Waals surface area contributed by atoms with Gasteiger partial charge in [-0.2, -0.15) is 0 Å². The molecule has 0 saturated carbocycles. The van der Waals surface area contributed by atoms with Crippen molar-refractivity contribution < 1.29 is 14.3 Å². The van der Waals surface area contributed by atoms with Gasteiger partial charge >= 0.3 is 0 Å². The SMILES string of the molecule is CCC(Oc1ccccc1Cl)C(=O)Nc1ccccc1C(N)=O. The summed E-state index contributed by atoms with van der Waals surface area (Å²) < 4.78 is 5.67. The molecule has 3 N–H and O–H groups in total. The first kappa shape index (κ1) is 16.8. The van der Waals surface area contributed by atoms with Crippen LogP contribution in [0.1, 0.15) is 23.7 Å². The Morgan fingerprint density at radius 1 is 1.17 bits per heavy atom. The Balaban J connectivity index is 2.15. The maximum atomic E-state index is 12.4. The van der Waals surface area contributed by atoms with E-state index in [-0.39, 0.29) is 11.5 Å². The Hall–Kier alpha value is -2.53. The van der Waals surface area contributed by atoms with Gasteiger partial charge in [0.1, 0.15) is 5.75 Å². The summed E-state index contributed by atoms with van der Waals surface area (Å²) in [5.74, 6) is -0.554. The molecule has 0 aromatic heterocycles. The molecular weight excluding hydrogens is 316 g/mol. The van der Waals surface area contributed by atoms with Gasteiger partial charge in [0, 0.05) is 0 Å². The van der Waals surface area contributed by atoms with Crippen LogP contribution >= 0.6 is 11.6 Å². The maximum Gasteiger partial charge on any atom is 0.265 e. The van der Waals surface area contributed by atoms with Crippen LogP contribution in [-0.4, -0.2) is 17.9 Å². The van der Waals surface area contributed by atoms with E-state index in [4.69, 9.17) is 22.1 Å². The lowest BCUT2D eigenvalue weighted by atomic mass is 10.1. The smallest absolute Gasteiger partial charge is 0.265 e. The fourth-order valence-corrected chi connectivity index (χ4v) is 2.22. The number of primary amides is 1. The Morgan fingerprint density at radius 3 is 2.48 bits per heavy atom. The summed E-state index contributed by atoms with van der Waals surface area (Å²) in [4.78, 5) is 23.8. The van der Waals surface area contributed by atoms with Crippen molar-refractivity contribution in [3.63, 3.8) is 0 Å². The predicted molar refractivity (Wildman–Crippen MR) is 89.7 cm³/mol. The van der Waals surface area contributed by atoms with Gasteiger partial charge in [0.05, 0.1) is 16.3 Å². The molecule has 1 atom stereocenters. The van der Waals surface area contributed by atoms with Gasteiger partial charge < -0.3 is 15.8 Å². The van der Waals surface area contributed by atoms with E-state index in [9.17, 15) is 9.59 Å². The lowest BCUT2D eigenvalue weighted by Crippen LogP contribution is -2.33. The van der Waals surface area contributed by atoms with Gasteiger partial charge in [-0.05, 0) is 30.7 Å². The van der Waals surface area contributed by atoms with Crippen LogP contribution in [0.2, 0.25) is 5.02 Å². The van der Waals surface area contributed by atoms with Gasteiger partial charge in [0.25, 0.3) is 11.8 Å². The zero-order valence-corrected chi connectivity index (χ0v) is 13.3. The van der Waals surface area contributed by atoms with Gasteiger partial charge in [-0.15, -0.1) is 0 Å². The Labute approximate surface area is 139 Å². The van der Waals surface area contributed by atoms with Crippen LogP contribution in [0.25, 0.3) is 0 Å². The van der Waals surface area contributed by atoms with Crippen LogP contribution in [-0.2, 0) is 4.79 Å². The van der Waals surface area contributed by atoms with E-state index in [2.05, 4.69) is 5.32 Å². The summed E-state index contributed by atoms with van der Waals surface area (Å²) >= 11 is 6.04. The third-order valence-electron chi connectivity index (χ3n) is 3.22. The molecule has 0 saturated heterocycles. The minimum atomic E-state index is -0.740. The van der Waals surface area contributed by atoms with Gasteiger partial charge in [-0.1, -0.05) is 42.8 Å². The molecule has 120 valence electrons. The van der Waals surface area contributed by atoms with Crippen LogP contribution < -0.4 is 15.8 Å². The number of nitrogens with two attached hydrogens (primary N) is 1. The number of hydrogen-bond acceptors (Lipinski definition) is 3. The van der Waals surface area contributed by atoms with E-state index >= 15 is 0 Å². The molecule has 0 aliphatic rings. The summed E-state index contributed by atoms with van der Waals surface area (Å²) in [6, 6.07) is 13.5. The van der Waals surface area contributed by atoms with Crippen molar-refractivity contribution >= 4 is 29.1 Å². The molecule has 2 aromatic carbocycles. The van der Waals surface area contributed by atoms with Crippen LogP contribution in [0.15, 0.2) is 48.5 Å². The molecule has 2 amide bonds. The number of benzene rings is 2. The third-order valence-corrected chi connectivity index (χ3v) is 3.53. The topological polar surface area (TPSA) is 81.4 Å². The highest BCUT2D eigenvalue weighted by atomic mass is 35.5. The number of halogens is 1. The molecule has 5 nitrogen and oxygen atoms in total. The number of para-hydroxylation sites is 2. The first-order chi connectivity index (χ1) is 11.0. The average molecular weight is 333 g/mol. The zero-order chi connectivity index (χ0) is 16.8. The molecule has 0 aliphatic carbocycles. The molecule has 6 heteroatoms. The number of carbonyl (C=O) groups excluding carboxylic acids is 2. The molecule has 2 aromatic rings. The molecule has 2 rings (SSSR count). The molecule has 1 unspecified atom stereocenters. The first-order valence-electron chi connectivity index (χ1n) is 7.13. The highest BCUT2D eigenvalue weighted by Crippen LogP contribution is 2.25. The monoisotopic (exact) mass is 332 g/mol. The summed E-state index contributed by atoms with van der Waals surface area (Å²) in [6.45, 7) is 1.82. The zero-order valence-electron chi connectivity index (χ0n) is 12.6. The van der Waals surface area contributed by atoms with Crippen LogP contribution in [0.5, 0.6) is 5.75 Å². The van der Waals surface area contributed by atoms with E-state index in [0.717, 1.165) is 0 Å². The normalized spacial score (nSPS) is 11.6. The Kier molecular flexibility index (Phi) is 5.60. The van der Waals surface area contributed by atoms with Gasteiger partial charge in [-0.25, -0.2) is 0 Å². The molecule has 0 aliphatic heterocycles. The highest BCUT2D eigenvalue weighted by molar-refractivity contribution is 6.32. The van der Waals surface area contributed by atoms with Gasteiger partial charge in [0.2, 0.25) is 0 Å². The first-order valence-corrected chi connectivity index (χ1v) is 7.51. The number of ether oxygens (including phenoxy) is 1. The average Bonchev–Trinajstić information content (AvgIpc) is 2.54. The minimum absolute atomic E-state index is 0.244. The number of nitrogens with one attached hydrogen (secondary N) is 1. The van der Waals surface area contributed by atoms with E-state index in [1.165, 1.54) is 0 Å². The molecule has 0 radical (unpaired) electrons. The van der Waals surface area contributed by atoms with Crippen molar-refractivity contribution in [1.29, 1.82) is 0 Å². The third kappa shape index (κ3) is 4.23. The quantitative estimate of drug-likeness (QED) is 0.852. The van der Waals surface area contributed by atoms with Crippen molar-refractivity contribution in [3.8, 4) is 5.75 Å². The lowest BCUT2D eigenvalue weighted by molar-refractivity contribution is -0.122. The fraction of sp³-hybridized carbons (Fsp3) is 0.176. The Morgan fingerprint density at radius 2 is 1.83 bits per heavy atom. The van der Waals surface area contributed by atoms with Crippen molar-refractivity contribution in [1.82, 2.24) is 0 Å². The van der Waals surface area contributed by atoms with Crippen LogP contribution in [0.3, 0.4) is 0 Å². The minimum Gasteiger partial charge on any atom is -0.479 e. The van der Waals surface area contributed by atoms with Crippen LogP contribution in [0, 0.1) is 0 Å². The highest BCUT2D eigenvalue weighted by Gasteiger charge is 2.21. The largest absolute Gasteiger partial charge is 0.479 e. The number of anilines is 1. The summed E-state index contributed by atoms with van der Waals surface area (Å²) in [5, 5.41) is 3.10. The molecule has 0 heterocycles. The lowest BCUT2D eigenvalue weighted by Gasteiger charge is -2.18. The summed E-state index contributed by atoms with van der Waals surface area (Å²) in [6.07, 6.45) is -0.300. The molecule has 0 bridgehead atoms. The number of hydrogen-bond donors (Lipinski definition) is 2. The second-order valence-electron chi connectivity index (χ2n) is 4.84. The van der Waals surface area contributed by atoms with E-state index in [0.29, 0.717) is 22.9 Å². The van der Waals surface area contributed by atoms with Gasteiger partial charge in [0.15, 0.2) is 6.10 Å². The van der Waals surface area contributed by atoms with Crippen LogP contribution in [0.4, 0.5) is 5.69 Å². The molecule has 23 heavy (non-hydrogen) atoms. The maximum absolute atomic E-state index is 12.4. The summed E-state index contributed by atoms with van der Waals surface area (Å²) in [7, 11) is 0. The standard InChI is InChI=1S/C17H17ClN2O3/c1-2-14(23-15-10-6-4-8-12(15)18)17(22)20-13-9-5-3-7-11(13)16(19)21/h3-10,14H,2H2,1H3,(H2,19,21)(H,20,22). The second kappa shape index (κ2) is 7.65. The van der Waals surface area contributed by atoms with Crippen molar-refractivity contribution in [2.24, 2.45) is 5.73 Å². The molecular formula is C17H17ClN2O3. The molecule has 0 fully saturated rings. The number of carbonyl (C=O) groups is 2. The van der Waals surface area contributed by atoms with Crippen molar-refractivity contribution in [2.75, 3.05) is 5.32 Å². The van der Waals surface area contributed by atoms with E-state index < -0.39 is 12.0 Å². The fourth-order valence-electron chi connectivity index (χ4n) is 2.04. The Bertz CT molecular complexity index is 718. The second-order valence-corrected chi connectivity index (χ2v) is 5.25. The predicted octanol–water partition coefficient (Wildman–Crippen LogP) is 3.24. The molecule has 0 spiro atoms. The van der Waals surface area contributed by atoms with Gasteiger partial charge in [-0.3, -0.25) is 9.59 Å². The number of rotatable bonds is 6. The summed E-state index contributed by atoms with van der Waals surface area (Å²) in [5.41, 5.74) is 5.90. The van der Waals surface area contributed by atoms with E-state index in [1.807, 2.05) is 6.92 Å². The van der Waals surface area contributed by atoms with Crippen molar-refractivity contribution in [3.05, 3.63) is 59.1 Å².